The zero-order valence-corrected chi connectivity index (χ0v) is 17.3. The van der Waals surface area contributed by atoms with Crippen LogP contribution in [0.15, 0.2) is 47.4 Å². The lowest BCUT2D eigenvalue weighted by molar-refractivity contribution is 0.0773. The van der Waals surface area contributed by atoms with Crippen molar-refractivity contribution in [2.24, 2.45) is 0 Å². The fourth-order valence-corrected chi connectivity index (χ4v) is 3.76. The van der Waals surface area contributed by atoms with Crippen LogP contribution in [0.1, 0.15) is 55.1 Å². The van der Waals surface area contributed by atoms with E-state index >= 15 is 0 Å². The normalized spacial score (nSPS) is 11.5. The maximum Gasteiger partial charge on any atom is 0.339 e. The van der Waals surface area contributed by atoms with E-state index in [1.807, 2.05) is 46.8 Å². The van der Waals surface area contributed by atoms with E-state index in [2.05, 4.69) is 0 Å². The van der Waals surface area contributed by atoms with Gasteiger partial charge in [0.2, 0.25) is 0 Å². The van der Waals surface area contributed by atoms with Crippen molar-refractivity contribution in [2.75, 3.05) is 13.1 Å². The summed E-state index contributed by atoms with van der Waals surface area (Å²) in [7, 11) is -3.98. The molecular formula is C21H27NO4S. The Balaban J connectivity index is 2.30. The molecule has 0 N–H and O–H groups in total. The number of amides is 1. The molecule has 0 saturated carbocycles. The van der Waals surface area contributed by atoms with Gasteiger partial charge in [0.05, 0.1) is 0 Å². The molecule has 27 heavy (non-hydrogen) atoms. The molecule has 2 aromatic rings. The largest absolute Gasteiger partial charge is 0.379 e. The van der Waals surface area contributed by atoms with Gasteiger partial charge in [-0.25, -0.2) is 0 Å². The van der Waals surface area contributed by atoms with Crippen molar-refractivity contribution in [3.05, 3.63) is 59.2 Å². The minimum atomic E-state index is -3.98. The second-order valence-corrected chi connectivity index (χ2v) is 8.28. The highest BCUT2D eigenvalue weighted by Gasteiger charge is 2.21. The fourth-order valence-electron chi connectivity index (χ4n) is 2.81. The minimum absolute atomic E-state index is 0.0230. The first-order valence-corrected chi connectivity index (χ1v) is 10.5. The van der Waals surface area contributed by atoms with Gasteiger partial charge in [-0.2, -0.15) is 8.42 Å². The molecule has 5 nitrogen and oxygen atoms in total. The molecule has 1 amide bonds. The molecule has 6 heteroatoms. The average molecular weight is 390 g/mol. The Labute approximate surface area is 162 Å². The number of benzene rings is 2. The SMILES string of the molecule is CCN(CC)C(=O)c1ccc(S(=O)(=O)Oc2cc(C)ccc2C(C)C)cc1. The molecule has 2 aromatic carbocycles. The van der Waals surface area contributed by atoms with E-state index in [4.69, 9.17) is 4.18 Å². The smallest absolute Gasteiger partial charge is 0.339 e. The summed E-state index contributed by atoms with van der Waals surface area (Å²) in [5, 5.41) is 0. The first kappa shape index (κ1) is 21.0. The minimum Gasteiger partial charge on any atom is -0.379 e. The standard InChI is InChI=1S/C21H27NO4S/c1-6-22(7-2)21(23)17-9-11-18(12-10-17)27(24,25)26-20-14-16(5)8-13-19(20)15(3)4/h8-15H,6-7H2,1-5H3. The molecule has 146 valence electrons. The second-order valence-electron chi connectivity index (χ2n) is 6.74. The van der Waals surface area contributed by atoms with Gasteiger partial charge in [0.25, 0.3) is 5.91 Å². The Morgan fingerprint density at radius 1 is 1.04 bits per heavy atom. The van der Waals surface area contributed by atoms with Crippen LogP contribution in [-0.4, -0.2) is 32.3 Å². The average Bonchev–Trinajstić information content (AvgIpc) is 2.62. The third kappa shape index (κ3) is 4.89. The molecule has 0 unspecified atom stereocenters. The monoisotopic (exact) mass is 389 g/mol. The third-order valence-corrected chi connectivity index (χ3v) is 5.68. The van der Waals surface area contributed by atoms with Crippen molar-refractivity contribution < 1.29 is 17.4 Å². The van der Waals surface area contributed by atoms with Crippen molar-refractivity contribution in [1.82, 2.24) is 4.90 Å². The van der Waals surface area contributed by atoms with Gasteiger partial charge in [-0.05, 0) is 68.1 Å². The van der Waals surface area contributed by atoms with E-state index in [0.717, 1.165) is 11.1 Å². The number of hydrogen-bond acceptors (Lipinski definition) is 4. The second kappa shape index (κ2) is 8.57. The van der Waals surface area contributed by atoms with Crippen LogP contribution in [0, 0.1) is 6.92 Å². The summed E-state index contributed by atoms with van der Waals surface area (Å²) in [6.07, 6.45) is 0. The molecule has 0 bridgehead atoms. The lowest BCUT2D eigenvalue weighted by atomic mass is 10.0. The summed E-state index contributed by atoms with van der Waals surface area (Å²) in [4.78, 5) is 14.1. The fraction of sp³-hybridized carbons (Fsp3) is 0.381. The molecule has 0 spiro atoms. The van der Waals surface area contributed by atoms with Crippen LogP contribution in [0.5, 0.6) is 5.75 Å². The summed E-state index contributed by atoms with van der Waals surface area (Å²) in [6, 6.07) is 11.4. The summed E-state index contributed by atoms with van der Waals surface area (Å²) in [6.45, 7) is 10.9. The molecule has 0 saturated heterocycles. The van der Waals surface area contributed by atoms with E-state index in [1.165, 1.54) is 24.3 Å². The Hall–Kier alpha value is -2.34. The highest BCUT2D eigenvalue weighted by molar-refractivity contribution is 7.87. The number of hydrogen-bond donors (Lipinski definition) is 0. The molecule has 2 rings (SSSR count). The first-order chi connectivity index (χ1) is 12.7. The van der Waals surface area contributed by atoms with Gasteiger partial charge in [0.1, 0.15) is 10.6 Å². The van der Waals surface area contributed by atoms with E-state index in [1.54, 1.807) is 11.0 Å². The van der Waals surface area contributed by atoms with Crippen molar-refractivity contribution in [3.63, 3.8) is 0 Å². The molecule has 0 aromatic heterocycles. The molecule has 0 atom stereocenters. The van der Waals surface area contributed by atoms with Gasteiger partial charge in [0.15, 0.2) is 0 Å². The number of nitrogens with zero attached hydrogens (tertiary/aromatic N) is 1. The molecule has 0 fully saturated rings. The number of carbonyl (C=O) groups excluding carboxylic acids is 1. The van der Waals surface area contributed by atoms with Crippen LogP contribution in [0.4, 0.5) is 0 Å². The van der Waals surface area contributed by atoms with Crippen LogP contribution >= 0.6 is 0 Å². The Morgan fingerprint density at radius 2 is 1.63 bits per heavy atom. The van der Waals surface area contributed by atoms with Gasteiger partial charge in [-0.1, -0.05) is 26.0 Å². The van der Waals surface area contributed by atoms with Crippen LogP contribution in [0.2, 0.25) is 0 Å². The van der Waals surface area contributed by atoms with Crippen LogP contribution in [-0.2, 0) is 10.1 Å². The Kier molecular flexibility index (Phi) is 6.65. The highest BCUT2D eigenvalue weighted by atomic mass is 32.2. The van der Waals surface area contributed by atoms with E-state index in [-0.39, 0.29) is 16.7 Å². The summed E-state index contributed by atoms with van der Waals surface area (Å²) >= 11 is 0. The van der Waals surface area contributed by atoms with Gasteiger partial charge in [-0.15, -0.1) is 0 Å². The predicted molar refractivity (Wildman–Crippen MR) is 107 cm³/mol. The Bertz CT molecular complexity index is 898. The van der Waals surface area contributed by atoms with Gasteiger partial charge < -0.3 is 9.08 Å². The number of carbonyl (C=O) groups is 1. The zero-order chi connectivity index (χ0) is 20.2. The maximum atomic E-state index is 12.7. The first-order valence-electron chi connectivity index (χ1n) is 9.14. The van der Waals surface area contributed by atoms with Crippen LogP contribution in [0.25, 0.3) is 0 Å². The van der Waals surface area contributed by atoms with Crippen molar-refractivity contribution in [3.8, 4) is 5.75 Å². The lowest BCUT2D eigenvalue weighted by Crippen LogP contribution is -2.30. The molecule has 0 aliphatic heterocycles. The number of aryl methyl sites for hydroxylation is 1. The zero-order valence-electron chi connectivity index (χ0n) is 16.5. The van der Waals surface area contributed by atoms with Gasteiger partial charge in [0, 0.05) is 18.7 Å². The Morgan fingerprint density at radius 3 is 2.15 bits per heavy atom. The topological polar surface area (TPSA) is 63.7 Å². The summed E-state index contributed by atoms with van der Waals surface area (Å²) in [5.74, 6) is 0.351. The summed E-state index contributed by atoms with van der Waals surface area (Å²) in [5.41, 5.74) is 2.21. The van der Waals surface area contributed by atoms with E-state index < -0.39 is 10.1 Å². The molecule has 0 aliphatic carbocycles. The number of rotatable bonds is 7. The van der Waals surface area contributed by atoms with E-state index in [0.29, 0.717) is 24.4 Å². The summed E-state index contributed by atoms with van der Waals surface area (Å²) < 4.78 is 30.8. The maximum absolute atomic E-state index is 12.7. The van der Waals surface area contributed by atoms with Crippen molar-refractivity contribution in [2.45, 2.75) is 45.4 Å². The third-order valence-electron chi connectivity index (χ3n) is 4.43. The van der Waals surface area contributed by atoms with Crippen LogP contribution in [0.3, 0.4) is 0 Å². The lowest BCUT2D eigenvalue weighted by Gasteiger charge is -2.18. The van der Waals surface area contributed by atoms with Crippen molar-refractivity contribution in [1.29, 1.82) is 0 Å². The van der Waals surface area contributed by atoms with Crippen molar-refractivity contribution >= 4 is 16.0 Å². The molecule has 0 radical (unpaired) electrons. The molecule has 0 aliphatic rings. The predicted octanol–water partition coefficient (Wildman–Crippen LogP) is 4.37. The molecule has 0 heterocycles. The molecular weight excluding hydrogens is 362 g/mol. The van der Waals surface area contributed by atoms with Gasteiger partial charge in [-0.3, -0.25) is 4.79 Å². The quantitative estimate of drug-likeness (QED) is 0.660. The van der Waals surface area contributed by atoms with E-state index in [9.17, 15) is 13.2 Å². The highest BCUT2D eigenvalue weighted by Crippen LogP contribution is 2.30. The van der Waals surface area contributed by atoms with Crippen LogP contribution < -0.4 is 4.18 Å². The van der Waals surface area contributed by atoms with Gasteiger partial charge >= 0.3 is 10.1 Å².